The number of ether oxygens (including phenoxy) is 1. The standard InChI is InChI=1S/C16H30O3/c1-2-19-15(17)14-16(18)12-10-8-6-4-3-5-7-9-11-13-16/h18H,2-14H2,1H3. The van der Waals surface area contributed by atoms with E-state index in [0.717, 1.165) is 25.7 Å². The van der Waals surface area contributed by atoms with Crippen molar-refractivity contribution in [1.82, 2.24) is 0 Å². The van der Waals surface area contributed by atoms with Crippen LogP contribution in [0.25, 0.3) is 0 Å². The topological polar surface area (TPSA) is 46.5 Å². The maximum Gasteiger partial charge on any atom is 0.308 e. The molecular weight excluding hydrogens is 240 g/mol. The van der Waals surface area contributed by atoms with E-state index in [1.54, 1.807) is 0 Å². The maximum atomic E-state index is 11.6. The van der Waals surface area contributed by atoms with Gasteiger partial charge < -0.3 is 9.84 Å². The molecule has 0 radical (unpaired) electrons. The third-order valence-electron chi connectivity index (χ3n) is 4.06. The van der Waals surface area contributed by atoms with Crippen molar-refractivity contribution in [3.63, 3.8) is 0 Å². The molecule has 1 N–H and O–H groups in total. The number of hydrogen-bond donors (Lipinski definition) is 1. The summed E-state index contributed by atoms with van der Waals surface area (Å²) in [7, 11) is 0. The molecule has 0 atom stereocenters. The zero-order chi connectivity index (χ0) is 14.0. The molecule has 0 aromatic rings. The molecule has 0 amide bonds. The molecule has 1 fully saturated rings. The Labute approximate surface area is 117 Å². The van der Waals surface area contributed by atoms with E-state index in [9.17, 15) is 9.90 Å². The summed E-state index contributed by atoms with van der Waals surface area (Å²) in [6.07, 6.45) is 12.5. The highest BCUT2D eigenvalue weighted by molar-refractivity contribution is 5.70. The summed E-state index contributed by atoms with van der Waals surface area (Å²) in [6, 6.07) is 0. The summed E-state index contributed by atoms with van der Waals surface area (Å²) in [6.45, 7) is 2.21. The first-order valence-electron chi connectivity index (χ1n) is 8.04. The summed E-state index contributed by atoms with van der Waals surface area (Å²) in [5.41, 5.74) is -0.828. The van der Waals surface area contributed by atoms with Crippen LogP contribution in [0.5, 0.6) is 0 Å². The Hall–Kier alpha value is -0.570. The molecule has 19 heavy (non-hydrogen) atoms. The van der Waals surface area contributed by atoms with Crippen molar-refractivity contribution in [3.8, 4) is 0 Å². The fourth-order valence-corrected chi connectivity index (χ4v) is 2.93. The van der Waals surface area contributed by atoms with Gasteiger partial charge in [0, 0.05) is 0 Å². The van der Waals surface area contributed by atoms with Crippen LogP contribution in [0, 0.1) is 0 Å². The minimum absolute atomic E-state index is 0.167. The number of hydrogen-bond acceptors (Lipinski definition) is 3. The number of rotatable bonds is 3. The molecule has 0 aliphatic heterocycles. The number of carbonyl (C=O) groups excluding carboxylic acids is 1. The van der Waals surface area contributed by atoms with E-state index in [2.05, 4.69) is 0 Å². The van der Waals surface area contributed by atoms with Gasteiger partial charge in [-0.1, -0.05) is 57.8 Å². The molecule has 3 nitrogen and oxygen atoms in total. The Morgan fingerprint density at radius 3 is 1.79 bits per heavy atom. The van der Waals surface area contributed by atoms with E-state index in [1.165, 1.54) is 44.9 Å². The van der Waals surface area contributed by atoms with Gasteiger partial charge in [-0.25, -0.2) is 0 Å². The summed E-state index contributed by atoms with van der Waals surface area (Å²) >= 11 is 0. The molecule has 112 valence electrons. The molecule has 0 aromatic carbocycles. The lowest BCUT2D eigenvalue weighted by Crippen LogP contribution is -2.32. The monoisotopic (exact) mass is 270 g/mol. The lowest BCUT2D eigenvalue weighted by Gasteiger charge is -2.27. The van der Waals surface area contributed by atoms with E-state index in [1.807, 2.05) is 6.92 Å². The minimum Gasteiger partial charge on any atom is -0.466 e. The number of aliphatic hydroxyl groups is 1. The second-order valence-corrected chi connectivity index (χ2v) is 5.89. The molecule has 1 aliphatic carbocycles. The Kier molecular flexibility index (Phi) is 8.11. The van der Waals surface area contributed by atoms with Gasteiger partial charge in [-0.05, 0) is 19.8 Å². The van der Waals surface area contributed by atoms with Crippen molar-refractivity contribution in [2.75, 3.05) is 6.61 Å². The molecule has 0 bridgehead atoms. The molecule has 0 heterocycles. The summed E-state index contributed by atoms with van der Waals surface area (Å²) in [5, 5.41) is 10.7. The van der Waals surface area contributed by atoms with Gasteiger partial charge in [-0.3, -0.25) is 4.79 Å². The Morgan fingerprint density at radius 1 is 0.947 bits per heavy atom. The molecule has 0 saturated heterocycles. The summed E-state index contributed by atoms with van der Waals surface area (Å²) < 4.78 is 4.98. The SMILES string of the molecule is CCOC(=O)CC1(O)CCCCCCCCCCC1. The van der Waals surface area contributed by atoms with Crippen LogP contribution in [0.15, 0.2) is 0 Å². The third kappa shape index (κ3) is 7.56. The predicted molar refractivity (Wildman–Crippen MR) is 77.0 cm³/mol. The van der Waals surface area contributed by atoms with Gasteiger partial charge in [0.1, 0.15) is 0 Å². The van der Waals surface area contributed by atoms with Gasteiger partial charge in [-0.2, -0.15) is 0 Å². The van der Waals surface area contributed by atoms with Gasteiger partial charge in [0.2, 0.25) is 0 Å². The normalized spacial score (nSPS) is 22.0. The number of esters is 1. The van der Waals surface area contributed by atoms with E-state index >= 15 is 0 Å². The van der Waals surface area contributed by atoms with Crippen LogP contribution in [0.3, 0.4) is 0 Å². The molecule has 0 unspecified atom stereocenters. The first-order chi connectivity index (χ1) is 9.16. The molecule has 0 spiro atoms. The Bertz CT molecular complexity index is 238. The fourth-order valence-electron chi connectivity index (χ4n) is 2.93. The quantitative estimate of drug-likeness (QED) is 0.789. The zero-order valence-corrected chi connectivity index (χ0v) is 12.5. The van der Waals surface area contributed by atoms with E-state index in [0.29, 0.717) is 6.61 Å². The van der Waals surface area contributed by atoms with Gasteiger partial charge in [0.15, 0.2) is 0 Å². The van der Waals surface area contributed by atoms with Crippen LogP contribution >= 0.6 is 0 Å². The van der Waals surface area contributed by atoms with Crippen molar-refractivity contribution >= 4 is 5.97 Å². The van der Waals surface area contributed by atoms with Crippen LogP contribution in [0.2, 0.25) is 0 Å². The van der Waals surface area contributed by atoms with Crippen LogP contribution in [0.1, 0.15) is 84.0 Å². The summed E-state index contributed by atoms with van der Waals surface area (Å²) in [4.78, 5) is 11.6. The first kappa shape index (κ1) is 16.5. The highest BCUT2D eigenvalue weighted by Crippen LogP contribution is 2.28. The van der Waals surface area contributed by atoms with Gasteiger partial charge in [-0.15, -0.1) is 0 Å². The molecule has 1 aliphatic rings. The van der Waals surface area contributed by atoms with Gasteiger partial charge in [0.25, 0.3) is 0 Å². The highest BCUT2D eigenvalue weighted by Gasteiger charge is 2.29. The first-order valence-corrected chi connectivity index (χ1v) is 8.04. The largest absolute Gasteiger partial charge is 0.466 e. The highest BCUT2D eigenvalue weighted by atomic mass is 16.5. The molecule has 1 rings (SSSR count). The van der Waals surface area contributed by atoms with Crippen molar-refractivity contribution in [2.24, 2.45) is 0 Å². The van der Waals surface area contributed by atoms with Gasteiger partial charge >= 0.3 is 5.97 Å². The third-order valence-corrected chi connectivity index (χ3v) is 4.06. The smallest absolute Gasteiger partial charge is 0.308 e. The van der Waals surface area contributed by atoms with Crippen LogP contribution in [-0.4, -0.2) is 23.3 Å². The second kappa shape index (κ2) is 9.35. The lowest BCUT2D eigenvalue weighted by atomic mass is 9.86. The van der Waals surface area contributed by atoms with E-state index in [-0.39, 0.29) is 12.4 Å². The van der Waals surface area contributed by atoms with Crippen molar-refractivity contribution in [1.29, 1.82) is 0 Å². The van der Waals surface area contributed by atoms with Crippen LogP contribution in [0.4, 0.5) is 0 Å². The molecule has 1 saturated carbocycles. The zero-order valence-electron chi connectivity index (χ0n) is 12.5. The van der Waals surface area contributed by atoms with Crippen molar-refractivity contribution in [2.45, 2.75) is 89.6 Å². The minimum atomic E-state index is -0.828. The van der Waals surface area contributed by atoms with Gasteiger partial charge in [0.05, 0.1) is 18.6 Å². The van der Waals surface area contributed by atoms with E-state index < -0.39 is 5.60 Å². The second-order valence-electron chi connectivity index (χ2n) is 5.89. The average molecular weight is 270 g/mol. The maximum absolute atomic E-state index is 11.6. The molecule has 3 heteroatoms. The molecule has 0 aromatic heterocycles. The summed E-state index contributed by atoms with van der Waals surface area (Å²) in [5.74, 6) is -0.253. The van der Waals surface area contributed by atoms with E-state index in [4.69, 9.17) is 4.74 Å². The van der Waals surface area contributed by atoms with Crippen LogP contribution < -0.4 is 0 Å². The fraction of sp³-hybridized carbons (Fsp3) is 0.938. The lowest BCUT2D eigenvalue weighted by molar-refractivity contribution is -0.149. The van der Waals surface area contributed by atoms with Crippen molar-refractivity contribution in [3.05, 3.63) is 0 Å². The predicted octanol–water partition coefficient (Wildman–Crippen LogP) is 3.98. The van der Waals surface area contributed by atoms with Crippen LogP contribution in [-0.2, 0) is 9.53 Å². The Morgan fingerprint density at radius 2 is 1.37 bits per heavy atom. The molecular formula is C16H30O3. The van der Waals surface area contributed by atoms with Crippen molar-refractivity contribution < 1.29 is 14.6 Å². The Balaban J connectivity index is 2.46. The average Bonchev–Trinajstić information content (AvgIpc) is 2.34. The number of carbonyl (C=O) groups is 1.